The number of nitrogens with two attached hydrogens (primary N) is 1. The summed E-state index contributed by atoms with van der Waals surface area (Å²) in [5.41, 5.74) is 7.80. The molecule has 0 heterocycles. The highest BCUT2D eigenvalue weighted by molar-refractivity contribution is 7.98. The lowest BCUT2D eigenvalue weighted by molar-refractivity contribution is 0.427. The van der Waals surface area contributed by atoms with Gasteiger partial charge in [0.25, 0.3) is 0 Å². The van der Waals surface area contributed by atoms with Crippen LogP contribution < -0.4 is 10.6 Å². The van der Waals surface area contributed by atoms with E-state index in [-0.39, 0.29) is 5.84 Å². The number of nitrogens with zero attached hydrogens (tertiary/aromatic N) is 1. The molecular formula is C15H23N3S. The SMILES string of the molecule is CSc1cccc(N(C)C2CCCCC2)c1C(=N)N. The second-order valence-electron chi connectivity index (χ2n) is 5.17. The summed E-state index contributed by atoms with van der Waals surface area (Å²) >= 11 is 1.65. The highest BCUT2D eigenvalue weighted by Crippen LogP contribution is 2.32. The first-order chi connectivity index (χ1) is 9.15. The van der Waals surface area contributed by atoms with Crippen molar-refractivity contribution < 1.29 is 0 Å². The van der Waals surface area contributed by atoms with E-state index >= 15 is 0 Å². The Balaban J connectivity index is 2.34. The largest absolute Gasteiger partial charge is 0.384 e. The number of hydrogen-bond donors (Lipinski definition) is 2. The fourth-order valence-electron chi connectivity index (χ4n) is 2.92. The van der Waals surface area contributed by atoms with Gasteiger partial charge in [-0.15, -0.1) is 11.8 Å². The Kier molecular flexibility index (Phi) is 4.75. The average molecular weight is 277 g/mol. The number of thioether (sulfide) groups is 1. The van der Waals surface area contributed by atoms with E-state index in [0.717, 1.165) is 16.1 Å². The molecule has 1 aliphatic carbocycles. The van der Waals surface area contributed by atoms with Crippen molar-refractivity contribution in [1.29, 1.82) is 5.41 Å². The van der Waals surface area contributed by atoms with Gasteiger partial charge in [-0.2, -0.15) is 0 Å². The second kappa shape index (κ2) is 6.33. The van der Waals surface area contributed by atoms with E-state index in [4.69, 9.17) is 11.1 Å². The highest BCUT2D eigenvalue weighted by Gasteiger charge is 2.22. The predicted molar refractivity (Wildman–Crippen MR) is 84.5 cm³/mol. The van der Waals surface area contributed by atoms with E-state index in [0.29, 0.717) is 6.04 Å². The van der Waals surface area contributed by atoms with Gasteiger partial charge in [-0.3, -0.25) is 5.41 Å². The van der Waals surface area contributed by atoms with Crippen LogP contribution in [0, 0.1) is 5.41 Å². The van der Waals surface area contributed by atoms with Crippen LogP contribution in [0.4, 0.5) is 5.69 Å². The van der Waals surface area contributed by atoms with Crippen molar-refractivity contribution in [1.82, 2.24) is 0 Å². The molecule has 2 rings (SSSR count). The van der Waals surface area contributed by atoms with Gasteiger partial charge in [0.15, 0.2) is 0 Å². The lowest BCUT2D eigenvalue weighted by Gasteiger charge is -2.34. The van der Waals surface area contributed by atoms with Gasteiger partial charge in [-0.1, -0.05) is 25.3 Å². The van der Waals surface area contributed by atoms with Crippen LogP contribution in [0.15, 0.2) is 23.1 Å². The summed E-state index contributed by atoms with van der Waals surface area (Å²) < 4.78 is 0. The van der Waals surface area contributed by atoms with Gasteiger partial charge < -0.3 is 10.6 Å². The van der Waals surface area contributed by atoms with Gasteiger partial charge in [-0.25, -0.2) is 0 Å². The molecule has 1 saturated carbocycles. The summed E-state index contributed by atoms with van der Waals surface area (Å²) in [6.07, 6.45) is 8.51. The fourth-order valence-corrected chi connectivity index (χ4v) is 3.55. The number of anilines is 1. The Morgan fingerprint density at radius 1 is 1.32 bits per heavy atom. The molecule has 104 valence electrons. The van der Waals surface area contributed by atoms with Crippen LogP contribution in [-0.2, 0) is 0 Å². The quantitative estimate of drug-likeness (QED) is 0.503. The smallest absolute Gasteiger partial charge is 0.126 e. The standard InChI is InChI=1S/C15H23N3S/c1-18(11-7-4-3-5-8-11)12-9-6-10-13(19-2)14(12)15(16)17/h6,9-11H,3-5,7-8H2,1-2H3,(H3,16,17). The van der Waals surface area contributed by atoms with Gasteiger partial charge in [0.2, 0.25) is 0 Å². The molecule has 3 N–H and O–H groups in total. The molecule has 3 nitrogen and oxygen atoms in total. The Morgan fingerprint density at radius 2 is 2.00 bits per heavy atom. The molecule has 1 aromatic carbocycles. The minimum Gasteiger partial charge on any atom is -0.384 e. The van der Waals surface area contributed by atoms with E-state index in [9.17, 15) is 0 Å². The summed E-state index contributed by atoms with van der Waals surface area (Å²) in [4.78, 5) is 3.42. The van der Waals surface area contributed by atoms with Crippen LogP contribution in [0.1, 0.15) is 37.7 Å². The normalized spacial score (nSPS) is 16.3. The van der Waals surface area contributed by atoms with Crippen LogP contribution in [0.25, 0.3) is 0 Å². The number of amidine groups is 1. The van der Waals surface area contributed by atoms with Crippen LogP contribution in [-0.4, -0.2) is 25.2 Å². The summed E-state index contributed by atoms with van der Waals surface area (Å²) in [6.45, 7) is 0. The number of hydrogen-bond acceptors (Lipinski definition) is 3. The van der Waals surface area contributed by atoms with E-state index in [2.05, 4.69) is 24.1 Å². The molecule has 1 aromatic rings. The number of nitrogens with one attached hydrogen (secondary N) is 1. The molecule has 0 aliphatic heterocycles. The predicted octanol–water partition coefficient (Wildman–Crippen LogP) is 3.46. The lowest BCUT2D eigenvalue weighted by Crippen LogP contribution is -2.35. The van der Waals surface area contributed by atoms with Gasteiger partial charge in [0.05, 0.1) is 5.56 Å². The number of nitrogen functional groups attached to an aromatic ring is 1. The Bertz CT molecular complexity index is 453. The molecule has 4 heteroatoms. The third kappa shape index (κ3) is 3.06. The van der Waals surface area contributed by atoms with Crippen LogP contribution >= 0.6 is 11.8 Å². The molecule has 0 radical (unpaired) electrons. The maximum atomic E-state index is 7.87. The third-order valence-corrected chi connectivity index (χ3v) is 4.78. The highest BCUT2D eigenvalue weighted by atomic mass is 32.2. The molecule has 0 aromatic heterocycles. The Morgan fingerprint density at radius 3 is 2.58 bits per heavy atom. The Labute approximate surface area is 120 Å². The molecule has 0 atom stereocenters. The van der Waals surface area contributed by atoms with E-state index < -0.39 is 0 Å². The summed E-state index contributed by atoms with van der Waals surface area (Å²) in [5, 5.41) is 7.87. The van der Waals surface area contributed by atoms with Gasteiger partial charge in [0.1, 0.15) is 5.84 Å². The molecule has 0 unspecified atom stereocenters. The molecule has 1 fully saturated rings. The van der Waals surface area contributed by atoms with Crippen molar-refractivity contribution in [2.24, 2.45) is 5.73 Å². The van der Waals surface area contributed by atoms with Crippen molar-refractivity contribution >= 4 is 23.3 Å². The first-order valence-electron chi connectivity index (χ1n) is 6.89. The fraction of sp³-hybridized carbons (Fsp3) is 0.533. The van der Waals surface area contributed by atoms with Crippen molar-refractivity contribution in [3.8, 4) is 0 Å². The Hall–Kier alpha value is -1.16. The molecular weight excluding hydrogens is 254 g/mol. The van der Waals surface area contributed by atoms with Crippen LogP contribution in [0.5, 0.6) is 0 Å². The molecule has 0 saturated heterocycles. The molecule has 19 heavy (non-hydrogen) atoms. The summed E-state index contributed by atoms with van der Waals surface area (Å²) in [6, 6.07) is 6.78. The first kappa shape index (κ1) is 14.3. The minimum absolute atomic E-state index is 0.169. The van der Waals surface area contributed by atoms with E-state index in [1.54, 1.807) is 11.8 Å². The van der Waals surface area contributed by atoms with Crippen molar-refractivity contribution in [2.75, 3.05) is 18.2 Å². The number of benzene rings is 1. The zero-order valence-electron chi connectivity index (χ0n) is 11.8. The molecule has 1 aliphatic rings. The van der Waals surface area contributed by atoms with E-state index in [1.165, 1.54) is 32.1 Å². The van der Waals surface area contributed by atoms with Crippen molar-refractivity contribution in [2.45, 2.75) is 43.0 Å². The molecule has 0 spiro atoms. The maximum Gasteiger partial charge on any atom is 0.126 e. The maximum absolute atomic E-state index is 7.87. The average Bonchev–Trinajstić information content (AvgIpc) is 2.46. The monoisotopic (exact) mass is 277 g/mol. The number of rotatable bonds is 4. The van der Waals surface area contributed by atoms with Gasteiger partial charge in [0, 0.05) is 23.7 Å². The van der Waals surface area contributed by atoms with E-state index in [1.807, 2.05) is 12.3 Å². The zero-order valence-corrected chi connectivity index (χ0v) is 12.6. The summed E-state index contributed by atoms with van der Waals surface area (Å²) in [7, 11) is 2.14. The topological polar surface area (TPSA) is 53.1 Å². The van der Waals surface area contributed by atoms with Crippen molar-refractivity contribution in [3.63, 3.8) is 0 Å². The molecule has 0 amide bonds. The third-order valence-electron chi connectivity index (χ3n) is 4.00. The zero-order chi connectivity index (χ0) is 13.8. The lowest BCUT2D eigenvalue weighted by atomic mass is 9.93. The first-order valence-corrected chi connectivity index (χ1v) is 8.12. The summed E-state index contributed by atoms with van der Waals surface area (Å²) in [5.74, 6) is 0.169. The van der Waals surface area contributed by atoms with Gasteiger partial charge >= 0.3 is 0 Å². The minimum atomic E-state index is 0.169. The second-order valence-corrected chi connectivity index (χ2v) is 6.02. The van der Waals surface area contributed by atoms with Gasteiger partial charge in [-0.05, 0) is 31.2 Å². The van der Waals surface area contributed by atoms with Crippen LogP contribution in [0.3, 0.4) is 0 Å². The molecule has 0 bridgehead atoms. The van der Waals surface area contributed by atoms with Crippen molar-refractivity contribution in [3.05, 3.63) is 23.8 Å². The van der Waals surface area contributed by atoms with Crippen LogP contribution in [0.2, 0.25) is 0 Å².